The van der Waals surface area contributed by atoms with Crippen LogP contribution < -0.4 is 4.74 Å². The Morgan fingerprint density at radius 2 is 1.63 bits per heavy atom. The Morgan fingerprint density at radius 1 is 0.963 bits per heavy atom. The van der Waals surface area contributed by atoms with Crippen molar-refractivity contribution in [3.05, 3.63) is 29.8 Å². The summed E-state index contributed by atoms with van der Waals surface area (Å²) in [5, 5.41) is 19.9. The van der Waals surface area contributed by atoms with Crippen LogP contribution in [0.5, 0.6) is 5.75 Å². The van der Waals surface area contributed by atoms with Gasteiger partial charge in [0.05, 0.1) is 25.4 Å². The number of nitrogens with zero attached hydrogens (tertiary/aromatic N) is 2. The van der Waals surface area contributed by atoms with E-state index >= 15 is 0 Å². The number of fused-ring (bicyclic) bond motifs is 1. The van der Waals surface area contributed by atoms with Gasteiger partial charge in [-0.1, -0.05) is 18.2 Å². The average molecular weight is 376 g/mol. The number of hydrogen-bond donors (Lipinski definition) is 2. The lowest BCUT2D eigenvalue weighted by Gasteiger charge is -2.32. The summed E-state index contributed by atoms with van der Waals surface area (Å²) in [5.74, 6) is 1.97. The number of hydrogen-bond acceptors (Lipinski definition) is 6. The number of aliphatic hydroxyl groups is 2. The van der Waals surface area contributed by atoms with Crippen LogP contribution in [0.3, 0.4) is 0 Å². The Labute approximate surface area is 161 Å². The van der Waals surface area contributed by atoms with E-state index < -0.39 is 12.2 Å². The summed E-state index contributed by atoms with van der Waals surface area (Å²) in [5.41, 5.74) is 1.22. The van der Waals surface area contributed by atoms with E-state index in [1.54, 1.807) is 0 Å². The lowest BCUT2D eigenvalue weighted by atomic mass is 9.79. The lowest BCUT2D eigenvalue weighted by Crippen LogP contribution is -2.38. The molecule has 6 nitrogen and oxygen atoms in total. The van der Waals surface area contributed by atoms with Crippen LogP contribution >= 0.6 is 0 Å². The monoisotopic (exact) mass is 376 g/mol. The van der Waals surface area contributed by atoms with Gasteiger partial charge >= 0.3 is 0 Å². The molecule has 0 spiro atoms. The Balaban J connectivity index is 1.30. The molecule has 1 aromatic carbocycles. The van der Waals surface area contributed by atoms with Crippen molar-refractivity contribution in [3.63, 3.8) is 0 Å². The Morgan fingerprint density at radius 3 is 2.33 bits per heavy atom. The van der Waals surface area contributed by atoms with E-state index in [1.807, 2.05) is 6.07 Å². The van der Waals surface area contributed by atoms with E-state index in [9.17, 15) is 10.2 Å². The summed E-state index contributed by atoms with van der Waals surface area (Å²) >= 11 is 0. The van der Waals surface area contributed by atoms with Gasteiger partial charge in [-0.15, -0.1) is 0 Å². The zero-order chi connectivity index (χ0) is 18.6. The molecule has 150 valence electrons. The zero-order valence-corrected chi connectivity index (χ0v) is 16.0. The molecule has 4 atom stereocenters. The molecule has 2 aliphatic heterocycles. The maximum absolute atomic E-state index is 9.95. The van der Waals surface area contributed by atoms with Gasteiger partial charge in [0.1, 0.15) is 12.4 Å². The van der Waals surface area contributed by atoms with Crippen molar-refractivity contribution in [1.82, 2.24) is 9.80 Å². The van der Waals surface area contributed by atoms with Crippen LogP contribution in [-0.2, 0) is 11.3 Å². The van der Waals surface area contributed by atoms with Gasteiger partial charge in [-0.05, 0) is 30.7 Å². The highest BCUT2D eigenvalue weighted by atomic mass is 16.5. The van der Waals surface area contributed by atoms with Crippen molar-refractivity contribution in [2.75, 3.05) is 52.5 Å². The Bertz CT molecular complexity index is 590. The van der Waals surface area contributed by atoms with Gasteiger partial charge < -0.3 is 19.7 Å². The lowest BCUT2D eigenvalue weighted by molar-refractivity contribution is -0.0372. The molecule has 3 aliphatic rings. The number of para-hydroxylation sites is 1. The minimum Gasteiger partial charge on any atom is -0.492 e. The van der Waals surface area contributed by atoms with Crippen LogP contribution in [0, 0.1) is 11.8 Å². The van der Waals surface area contributed by atoms with Crippen LogP contribution in [-0.4, -0.2) is 84.8 Å². The molecular weight excluding hydrogens is 344 g/mol. The van der Waals surface area contributed by atoms with Crippen molar-refractivity contribution in [1.29, 1.82) is 0 Å². The predicted octanol–water partition coefficient (Wildman–Crippen LogP) is 0.961. The van der Waals surface area contributed by atoms with Crippen molar-refractivity contribution in [2.45, 2.75) is 31.6 Å². The normalized spacial score (nSPS) is 32.4. The first-order valence-electron chi connectivity index (χ1n) is 10.3. The maximum Gasteiger partial charge on any atom is 0.123 e. The number of likely N-dealkylation sites (tertiary alicyclic amines) is 1. The van der Waals surface area contributed by atoms with Gasteiger partial charge in [0.2, 0.25) is 0 Å². The van der Waals surface area contributed by atoms with E-state index in [0.29, 0.717) is 18.4 Å². The van der Waals surface area contributed by atoms with Gasteiger partial charge in [0.15, 0.2) is 0 Å². The molecule has 6 heteroatoms. The van der Waals surface area contributed by atoms with Crippen LogP contribution in [0.15, 0.2) is 24.3 Å². The molecule has 0 unspecified atom stereocenters. The molecule has 1 saturated carbocycles. The molecule has 2 heterocycles. The molecule has 27 heavy (non-hydrogen) atoms. The molecule has 0 radical (unpaired) electrons. The average Bonchev–Trinajstić information content (AvgIpc) is 3.05. The second-order valence-electron chi connectivity index (χ2n) is 8.23. The third-order valence-electron chi connectivity index (χ3n) is 6.32. The Hall–Kier alpha value is -1.18. The molecular formula is C21H32N2O4. The first-order valence-corrected chi connectivity index (χ1v) is 10.3. The van der Waals surface area contributed by atoms with Crippen molar-refractivity contribution in [2.24, 2.45) is 11.8 Å². The van der Waals surface area contributed by atoms with Crippen LogP contribution in [0.4, 0.5) is 0 Å². The molecule has 0 amide bonds. The molecule has 3 fully saturated rings. The van der Waals surface area contributed by atoms with Gasteiger partial charge in [-0.2, -0.15) is 0 Å². The summed E-state index contributed by atoms with van der Waals surface area (Å²) in [4.78, 5) is 4.83. The molecule has 0 bridgehead atoms. The zero-order valence-electron chi connectivity index (χ0n) is 16.0. The molecule has 2 N–H and O–H groups in total. The third-order valence-corrected chi connectivity index (χ3v) is 6.32. The first kappa shape index (κ1) is 19.2. The second kappa shape index (κ2) is 8.88. The van der Waals surface area contributed by atoms with E-state index in [4.69, 9.17) is 9.47 Å². The van der Waals surface area contributed by atoms with Crippen LogP contribution in [0.2, 0.25) is 0 Å². The highest BCUT2D eigenvalue weighted by molar-refractivity contribution is 5.33. The number of morpholine rings is 1. The standard InChI is InChI=1S/C21H32N2O4/c24-19-11-17-14-23(15-18(17)12-20(19)25)13-16-3-1-2-4-21(16)27-10-7-22-5-8-26-9-6-22/h1-4,17-20,24-25H,5-15H2/t17-,18+,19-,20-/m0/s1. The van der Waals surface area contributed by atoms with Gasteiger partial charge in [-0.25, -0.2) is 0 Å². The topological polar surface area (TPSA) is 65.4 Å². The largest absolute Gasteiger partial charge is 0.492 e. The van der Waals surface area contributed by atoms with Crippen molar-refractivity contribution >= 4 is 0 Å². The number of ether oxygens (including phenoxy) is 2. The summed E-state index contributed by atoms with van der Waals surface area (Å²) in [6.45, 7) is 8.09. The maximum atomic E-state index is 9.95. The third kappa shape index (κ3) is 4.81. The second-order valence-corrected chi connectivity index (χ2v) is 8.23. The van der Waals surface area contributed by atoms with E-state index in [-0.39, 0.29) is 0 Å². The summed E-state index contributed by atoms with van der Waals surface area (Å²) in [7, 11) is 0. The highest BCUT2D eigenvalue weighted by Gasteiger charge is 2.41. The number of rotatable bonds is 6. The predicted molar refractivity (Wildman–Crippen MR) is 103 cm³/mol. The first-order chi connectivity index (χ1) is 13.2. The minimum atomic E-state index is -0.554. The molecule has 1 aliphatic carbocycles. The summed E-state index contributed by atoms with van der Waals surface area (Å²) in [6, 6.07) is 8.31. The van der Waals surface area contributed by atoms with E-state index in [2.05, 4.69) is 28.0 Å². The van der Waals surface area contributed by atoms with Crippen molar-refractivity contribution in [3.8, 4) is 5.75 Å². The van der Waals surface area contributed by atoms with Crippen molar-refractivity contribution < 1.29 is 19.7 Å². The Kier molecular flexibility index (Phi) is 6.30. The van der Waals surface area contributed by atoms with E-state index in [0.717, 1.165) is 71.1 Å². The molecule has 4 rings (SSSR count). The smallest absolute Gasteiger partial charge is 0.123 e. The fraction of sp³-hybridized carbons (Fsp3) is 0.714. The summed E-state index contributed by atoms with van der Waals surface area (Å²) < 4.78 is 11.5. The van der Waals surface area contributed by atoms with Crippen LogP contribution in [0.1, 0.15) is 18.4 Å². The molecule has 2 saturated heterocycles. The molecule has 0 aromatic heterocycles. The van der Waals surface area contributed by atoms with Gasteiger partial charge in [0.25, 0.3) is 0 Å². The fourth-order valence-corrected chi connectivity index (χ4v) is 4.76. The quantitative estimate of drug-likeness (QED) is 0.771. The number of aliphatic hydroxyl groups excluding tert-OH is 2. The van der Waals surface area contributed by atoms with Gasteiger partial charge in [-0.3, -0.25) is 9.80 Å². The fourth-order valence-electron chi connectivity index (χ4n) is 4.76. The summed E-state index contributed by atoms with van der Waals surface area (Å²) in [6.07, 6.45) is 0.337. The van der Waals surface area contributed by atoms with E-state index in [1.165, 1.54) is 5.56 Å². The SMILES string of the molecule is O[C@H]1C[C@@H]2CN(Cc3ccccc3OCCN3CCOCC3)C[C@@H]2C[C@@H]1O. The van der Waals surface area contributed by atoms with Crippen LogP contribution in [0.25, 0.3) is 0 Å². The van der Waals surface area contributed by atoms with Gasteiger partial charge in [0, 0.05) is 44.8 Å². The minimum absolute atomic E-state index is 0.498. The highest BCUT2D eigenvalue weighted by Crippen LogP contribution is 2.37. The number of benzene rings is 1. The molecule has 1 aromatic rings.